The fraction of sp³-hybridized carbons (Fsp3) is 0. The molecule has 0 bridgehead atoms. The van der Waals surface area contributed by atoms with Crippen molar-refractivity contribution in [1.82, 2.24) is 0 Å². The molecule has 0 aliphatic heterocycles. The summed E-state index contributed by atoms with van der Waals surface area (Å²) in [6.07, 6.45) is 3.03. The van der Waals surface area contributed by atoms with Gasteiger partial charge in [-0.05, 0) is 6.08 Å². The molecule has 0 N–H and O–H groups in total. The summed E-state index contributed by atoms with van der Waals surface area (Å²) in [6, 6.07) is 0. The van der Waals surface area contributed by atoms with E-state index >= 15 is 0 Å². The second-order valence-electron chi connectivity index (χ2n) is 0.554. The zero-order chi connectivity index (χ0) is 4.12. The molecule has 0 aliphatic rings. The van der Waals surface area contributed by atoms with Crippen LogP contribution in [0.3, 0.4) is 0 Å². The average molecular weight is 72.1 g/mol. The van der Waals surface area contributed by atoms with Crippen molar-refractivity contribution in [1.29, 1.82) is 0 Å². The number of halogens is 1. The maximum absolute atomic E-state index is 10.7. The molecule has 0 rings (SSSR count). The van der Waals surface area contributed by atoms with Gasteiger partial charge in [-0.15, -0.1) is 0 Å². The third-order valence-corrected chi connectivity index (χ3v) is 0.209. The lowest BCUT2D eigenvalue weighted by Crippen LogP contribution is -1.31. The van der Waals surface area contributed by atoms with Gasteiger partial charge in [0, 0.05) is 0 Å². The fourth-order valence-electron chi connectivity index (χ4n) is 0.0514. The van der Waals surface area contributed by atoms with E-state index in [1.165, 1.54) is 12.2 Å². The maximum Gasteiger partial charge on any atom is 0.0866 e. The first-order chi connectivity index (χ1) is 2.41. The molecule has 0 heterocycles. The molecule has 0 aromatic heterocycles. The molecule has 0 aromatic rings. The van der Waals surface area contributed by atoms with E-state index in [1.54, 1.807) is 0 Å². The Hall–Kier alpha value is -0.590. The van der Waals surface area contributed by atoms with Crippen LogP contribution in [0.1, 0.15) is 0 Å². The van der Waals surface area contributed by atoms with E-state index in [2.05, 4.69) is 6.58 Å². The predicted molar refractivity (Wildman–Crippen MR) is 20.4 cm³/mol. The van der Waals surface area contributed by atoms with Gasteiger partial charge < -0.3 is 0 Å². The molecule has 0 spiro atoms. The van der Waals surface area contributed by atoms with E-state index in [0.29, 0.717) is 6.33 Å². The van der Waals surface area contributed by atoms with Gasteiger partial charge in [-0.25, -0.2) is 4.39 Å². The number of rotatable bonds is 1. The molecule has 1 heteroatoms. The summed E-state index contributed by atoms with van der Waals surface area (Å²) in [5.41, 5.74) is 0. The zero-order valence-electron chi connectivity index (χ0n) is 2.82. The molecule has 0 unspecified atom stereocenters. The zero-order valence-corrected chi connectivity index (χ0v) is 2.82. The standard InChI is InChI=1S/C4H5F/c1-2-3-4-5/h2-4H,1H2. The molecular formula is C4H5F. The molecule has 0 aliphatic carbocycles. The van der Waals surface area contributed by atoms with Crippen molar-refractivity contribution in [2.45, 2.75) is 0 Å². The maximum atomic E-state index is 10.7. The van der Waals surface area contributed by atoms with E-state index in [9.17, 15) is 4.39 Å². The number of hydrogen-bond donors (Lipinski definition) is 0. The minimum atomic E-state index is 0.438. The molecule has 0 atom stereocenters. The molecule has 28 valence electrons. The Kier molecular flexibility index (Phi) is 3.01. The van der Waals surface area contributed by atoms with E-state index in [4.69, 9.17) is 0 Å². The van der Waals surface area contributed by atoms with Crippen LogP contribution < -0.4 is 0 Å². The second kappa shape index (κ2) is 3.41. The van der Waals surface area contributed by atoms with Crippen molar-refractivity contribution in [3.8, 4) is 0 Å². The van der Waals surface area contributed by atoms with Crippen molar-refractivity contribution < 1.29 is 4.39 Å². The molecule has 5 heavy (non-hydrogen) atoms. The minimum Gasteiger partial charge on any atom is -0.216 e. The average Bonchev–Trinajstić information content (AvgIpc) is 1.41. The van der Waals surface area contributed by atoms with Crippen molar-refractivity contribution in [3.05, 3.63) is 25.1 Å². The van der Waals surface area contributed by atoms with Gasteiger partial charge >= 0.3 is 0 Å². The van der Waals surface area contributed by atoms with E-state index in [0.717, 1.165) is 0 Å². The smallest absolute Gasteiger partial charge is 0.0866 e. The largest absolute Gasteiger partial charge is 0.216 e. The Morgan fingerprint density at radius 2 is 2.20 bits per heavy atom. The van der Waals surface area contributed by atoms with Crippen molar-refractivity contribution in [2.75, 3.05) is 0 Å². The lowest BCUT2D eigenvalue weighted by Gasteiger charge is -1.52. The number of hydrogen-bond acceptors (Lipinski definition) is 0. The Morgan fingerprint density at radius 1 is 1.60 bits per heavy atom. The van der Waals surface area contributed by atoms with Gasteiger partial charge in [0.25, 0.3) is 0 Å². The van der Waals surface area contributed by atoms with Crippen LogP contribution in [0, 0.1) is 0 Å². The fourth-order valence-corrected chi connectivity index (χ4v) is 0.0514. The topological polar surface area (TPSA) is 0 Å². The number of allylic oxidation sites excluding steroid dienone is 2. The van der Waals surface area contributed by atoms with Gasteiger partial charge in [-0.2, -0.15) is 0 Å². The molecule has 0 saturated carbocycles. The van der Waals surface area contributed by atoms with Crippen LogP contribution in [0.4, 0.5) is 4.39 Å². The summed E-state index contributed by atoms with van der Waals surface area (Å²) in [5, 5.41) is 0. The SMILES string of the molecule is C=CC=CF. The third kappa shape index (κ3) is 3.41. The molecular weight excluding hydrogens is 67.0 g/mol. The summed E-state index contributed by atoms with van der Waals surface area (Å²) in [7, 11) is 0. The van der Waals surface area contributed by atoms with E-state index < -0.39 is 0 Å². The third-order valence-electron chi connectivity index (χ3n) is 0.209. The van der Waals surface area contributed by atoms with E-state index in [1.807, 2.05) is 0 Å². The normalized spacial score (nSPS) is 9.00. The predicted octanol–water partition coefficient (Wildman–Crippen LogP) is 1.66. The van der Waals surface area contributed by atoms with Crippen LogP contribution in [0.25, 0.3) is 0 Å². The summed E-state index contributed by atoms with van der Waals surface area (Å²) in [5.74, 6) is 0. The molecule has 0 fully saturated rings. The molecule has 0 nitrogen and oxygen atoms in total. The first-order valence-electron chi connectivity index (χ1n) is 1.29. The van der Waals surface area contributed by atoms with E-state index in [-0.39, 0.29) is 0 Å². The Bertz CT molecular complexity index is 45.6. The molecule has 0 saturated heterocycles. The summed E-state index contributed by atoms with van der Waals surface area (Å²) in [4.78, 5) is 0. The molecule has 0 radical (unpaired) electrons. The summed E-state index contributed by atoms with van der Waals surface area (Å²) >= 11 is 0. The van der Waals surface area contributed by atoms with Crippen LogP contribution in [-0.4, -0.2) is 0 Å². The van der Waals surface area contributed by atoms with Gasteiger partial charge in [0.05, 0.1) is 6.33 Å². The van der Waals surface area contributed by atoms with Gasteiger partial charge in [-0.3, -0.25) is 0 Å². The van der Waals surface area contributed by atoms with Crippen LogP contribution >= 0.6 is 0 Å². The van der Waals surface area contributed by atoms with Gasteiger partial charge in [0.2, 0.25) is 0 Å². The van der Waals surface area contributed by atoms with Crippen molar-refractivity contribution in [2.24, 2.45) is 0 Å². The second-order valence-corrected chi connectivity index (χ2v) is 0.554. The highest BCUT2D eigenvalue weighted by atomic mass is 19.1. The first-order valence-corrected chi connectivity index (χ1v) is 1.29. The Balaban J connectivity index is 2.92. The Labute approximate surface area is 30.6 Å². The lowest BCUT2D eigenvalue weighted by atomic mass is 10.6. The molecule has 0 amide bonds. The highest BCUT2D eigenvalue weighted by molar-refractivity contribution is 4.91. The summed E-state index contributed by atoms with van der Waals surface area (Å²) in [6.45, 7) is 3.22. The van der Waals surface area contributed by atoms with Crippen LogP contribution in [0.5, 0.6) is 0 Å². The molecule has 0 aromatic carbocycles. The lowest BCUT2D eigenvalue weighted by molar-refractivity contribution is 0.721. The monoisotopic (exact) mass is 72.0 g/mol. The van der Waals surface area contributed by atoms with Crippen LogP contribution in [0.2, 0.25) is 0 Å². The highest BCUT2D eigenvalue weighted by Crippen LogP contribution is 1.68. The Morgan fingerprint density at radius 3 is 2.20 bits per heavy atom. The van der Waals surface area contributed by atoms with Crippen LogP contribution in [-0.2, 0) is 0 Å². The first kappa shape index (κ1) is 4.41. The van der Waals surface area contributed by atoms with Crippen LogP contribution in [0.15, 0.2) is 25.1 Å². The van der Waals surface area contributed by atoms with Crippen molar-refractivity contribution in [3.63, 3.8) is 0 Å². The quantitative estimate of drug-likeness (QED) is 0.413. The van der Waals surface area contributed by atoms with Gasteiger partial charge in [-0.1, -0.05) is 12.7 Å². The highest BCUT2D eigenvalue weighted by Gasteiger charge is 1.45. The van der Waals surface area contributed by atoms with Crippen molar-refractivity contribution >= 4 is 0 Å². The van der Waals surface area contributed by atoms with Gasteiger partial charge in [0.15, 0.2) is 0 Å². The summed E-state index contributed by atoms with van der Waals surface area (Å²) < 4.78 is 10.7. The van der Waals surface area contributed by atoms with Gasteiger partial charge in [0.1, 0.15) is 0 Å². The minimum absolute atomic E-state index is 0.438.